The van der Waals surface area contributed by atoms with Gasteiger partial charge in [0.1, 0.15) is 5.82 Å². The van der Waals surface area contributed by atoms with Crippen LogP contribution in [-0.2, 0) is 0 Å². The van der Waals surface area contributed by atoms with Gasteiger partial charge in [-0.15, -0.1) is 12.3 Å². The van der Waals surface area contributed by atoms with Crippen molar-refractivity contribution in [2.75, 3.05) is 0 Å². The molecule has 1 heterocycles. The Labute approximate surface area is 81.1 Å². The van der Waals surface area contributed by atoms with E-state index in [-0.39, 0.29) is 12.0 Å². The molecule has 0 saturated carbocycles. The molecule has 0 fully saturated rings. The molecule has 0 saturated heterocycles. The number of hydrogen-bond donors (Lipinski definition) is 1. The van der Waals surface area contributed by atoms with E-state index in [2.05, 4.69) is 10.9 Å². The maximum Gasteiger partial charge on any atom is 0.182 e. The van der Waals surface area contributed by atoms with Crippen molar-refractivity contribution >= 4 is 5.78 Å². The average molecular weight is 192 g/mol. The van der Waals surface area contributed by atoms with Gasteiger partial charge in [-0.1, -0.05) is 0 Å². The molecule has 1 rings (SSSR count). The van der Waals surface area contributed by atoms with Gasteiger partial charge in [-0.05, 0) is 6.07 Å². The van der Waals surface area contributed by atoms with Gasteiger partial charge in [0.25, 0.3) is 0 Å². The molecule has 2 N–H and O–H groups in total. The molecular formula is C10H9FN2O. The molecule has 0 spiro atoms. The summed E-state index contributed by atoms with van der Waals surface area (Å²) in [7, 11) is 0. The first kappa shape index (κ1) is 10.4. The summed E-state index contributed by atoms with van der Waals surface area (Å²) >= 11 is 0. The average Bonchev–Trinajstić information content (AvgIpc) is 2.17. The lowest BCUT2D eigenvalue weighted by Crippen LogP contribution is -2.30. The van der Waals surface area contributed by atoms with Gasteiger partial charge in [0.15, 0.2) is 5.78 Å². The van der Waals surface area contributed by atoms with Crippen LogP contribution >= 0.6 is 0 Å². The molecule has 1 atom stereocenters. The molecule has 0 bridgehead atoms. The smallest absolute Gasteiger partial charge is 0.182 e. The van der Waals surface area contributed by atoms with Gasteiger partial charge >= 0.3 is 0 Å². The molecule has 4 heteroatoms. The van der Waals surface area contributed by atoms with Gasteiger partial charge in [-0.25, -0.2) is 4.39 Å². The maximum atomic E-state index is 12.7. The number of hydrogen-bond acceptors (Lipinski definition) is 3. The zero-order valence-electron chi connectivity index (χ0n) is 7.40. The monoisotopic (exact) mass is 192 g/mol. The molecule has 1 aromatic heterocycles. The van der Waals surface area contributed by atoms with Gasteiger partial charge in [-0.2, -0.15) is 0 Å². The van der Waals surface area contributed by atoms with E-state index in [4.69, 9.17) is 12.2 Å². The summed E-state index contributed by atoms with van der Waals surface area (Å²) in [6.07, 6.45) is 7.42. The largest absolute Gasteiger partial charge is 0.320 e. The second-order valence-corrected chi connectivity index (χ2v) is 2.77. The van der Waals surface area contributed by atoms with Crippen LogP contribution in [0.25, 0.3) is 0 Å². The number of ketones is 1. The molecule has 0 aliphatic carbocycles. The van der Waals surface area contributed by atoms with Crippen molar-refractivity contribution in [2.45, 2.75) is 12.5 Å². The molecule has 1 aromatic rings. The van der Waals surface area contributed by atoms with Crippen LogP contribution in [0.5, 0.6) is 0 Å². The Balaban J connectivity index is 2.85. The van der Waals surface area contributed by atoms with Crippen molar-refractivity contribution in [1.29, 1.82) is 0 Å². The fourth-order valence-electron chi connectivity index (χ4n) is 0.980. The first-order valence-corrected chi connectivity index (χ1v) is 3.99. The summed E-state index contributed by atoms with van der Waals surface area (Å²) in [5.74, 6) is 1.31. The Bertz CT molecular complexity index is 384. The predicted octanol–water partition coefficient (Wildman–Crippen LogP) is 0.754. The lowest BCUT2D eigenvalue weighted by Gasteiger charge is -2.05. The number of terminal acetylenes is 1. The first-order valence-electron chi connectivity index (χ1n) is 3.99. The second-order valence-electron chi connectivity index (χ2n) is 2.77. The Morgan fingerprint density at radius 3 is 3.00 bits per heavy atom. The van der Waals surface area contributed by atoms with Crippen LogP contribution in [0.2, 0.25) is 0 Å². The molecule has 72 valence electrons. The minimum Gasteiger partial charge on any atom is -0.320 e. The van der Waals surface area contributed by atoms with E-state index in [9.17, 15) is 9.18 Å². The van der Waals surface area contributed by atoms with E-state index < -0.39 is 17.6 Å². The van der Waals surface area contributed by atoms with E-state index in [0.29, 0.717) is 0 Å². The number of aromatic nitrogens is 1. The fourth-order valence-corrected chi connectivity index (χ4v) is 0.980. The third kappa shape index (κ3) is 2.38. The molecule has 0 aromatic carbocycles. The normalized spacial score (nSPS) is 11.8. The van der Waals surface area contributed by atoms with Crippen molar-refractivity contribution < 1.29 is 9.18 Å². The van der Waals surface area contributed by atoms with Crippen LogP contribution in [0.1, 0.15) is 16.8 Å². The van der Waals surface area contributed by atoms with E-state index >= 15 is 0 Å². The standard InChI is InChI=1S/C10H9FN2O/c1-2-3-9(12)10(14)7-4-8(11)6-13-5-7/h1,4-6,9H,3,12H2. The molecule has 3 nitrogen and oxygen atoms in total. The molecule has 0 radical (unpaired) electrons. The third-order valence-corrected chi connectivity index (χ3v) is 1.66. The maximum absolute atomic E-state index is 12.7. The lowest BCUT2D eigenvalue weighted by molar-refractivity contribution is 0.0962. The van der Waals surface area contributed by atoms with E-state index in [1.807, 2.05) is 0 Å². The third-order valence-electron chi connectivity index (χ3n) is 1.66. The number of nitrogens with zero attached hydrogens (tertiary/aromatic N) is 1. The highest BCUT2D eigenvalue weighted by molar-refractivity contribution is 5.99. The van der Waals surface area contributed by atoms with Crippen LogP contribution in [0.3, 0.4) is 0 Å². The number of carbonyl (C=O) groups is 1. The van der Waals surface area contributed by atoms with Crippen LogP contribution in [0.15, 0.2) is 18.5 Å². The van der Waals surface area contributed by atoms with Gasteiger partial charge in [0.05, 0.1) is 12.2 Å². The topological polar surface area (TPSA) is 56.0 Å². The highest BCUT2D eigenvalue weighted by atomic mass is 19.1. The van der Waals surface area contributed by atoms with Crippen molar-refractivity contribution in [3.63, 3.8) is 0 Å². The summed E-state index contributed by atoms with van der Waals surface area (Å²) in [4.78, 5) is 15.0. The zero-order chi connectivity index (χ0) is 10.6. The lowest BCUT2D eigenvalue weighted by atomic mass is 10.0. The summed E-state index contributed by atoms with van der Waals surface area (Å²) in [6, 6.07) is 0.301. The number of halogens is 1. The van der Waals surface area contributed by atoms with Gasteiger partial charge in [-0.3, -0.25) is 9.78 Å². The van der Waals surface area contributed by atoms with E-state index in [0.717, 1.165) is 12.3 Å². The van der Waals surface area contributed by atoms with Crippen molar-refractivity contribution in [3.05, 3.63) is 29.8 Å². The number of nitrogens with two attached hydrogens (primary N) is 1. The van der Waals surface area contributed by atoms with Crippen molar-refractivity contribution in [2.24, 2.45) is 5.73 Å². The summed E-state index contributed by atoms with van der Waals surface area (Å²) in [6.45, 7) is 0. The SMILES string of the molecule is C#CCC(N)C(=O)c1cncc(F)c1. The summed E-state index contributed by atoms with van der Waals surface area (Å²) in [5.41, 5.74) is 5.61. The van der Waals surface area contributed by atoms with E-state index in [1.165, 1.54) is 6.20 Å². The molecule has 0 aliphatic heterocycles. The Morgan fingerprint density at radius 1 is 1.71 bits per heavy atom. The summed E-state index contributed by atoms with van der Waals surface area (Å²) < 4.78 is 12.7. The minimum atomic E-state index is -0.788. The van der Waals surface area contributed by atoms with Crippen molar-refractivity contribution in [1.82, 2.24) is 4.98 Å². The summed E-state index contributed by atoms with van der Waals surface area (Å²) in [5, 5.41) is 0. The molecular weight excluding hydrogens is 183 g/mol. The van der Waals surface area contributed by atoms with Gasteiger partial charge in [0.2, 0.25) is 0 Å². The number of rotatable bonds is 3. The Hall–Kier alpha value is -1.73. The minimum absolute atomic E-state index is 0.134. The number of carbonyl (C=O) groups excluding carboxylic acids is 1. The Morgan fingerprint density at radius 2 is 2.43 bits per heavy atom. The van der Waals surface area contributed by atoms with Crippen LogP contribution in [0.4, 0.5) is 4.39 Å². The van der Waals surface area contributed by atoms with Crippen LogP contribution in [0, 0.1) is 18.2 Å². The van der Waals surface area contributed by atoms with Crippen LogP contribution < -0.4 is 5.73 Å². The highest BCUT2D eigenvalue weighted by Crippen LogP contribution is 2.05. The molecule has 1 unspecified atom stereocenters. The van der Waals surface area contributed by atoms with E-state index in [1.54, 1.807) is 0 Å². The number of pyridine rings is 1. The van der Waals surface area contributed by atoms with Gasteiger partial charge in [0, 0.05) is 18.2 Å². The quantitative estimate of drug-likeness (QED) is 0.568. The molecule has 0 amide bonds. The highest BCUT2D eigenvalue weighted by Gasteiger charge is 2.15. The van der Waals surface area contributed by atoms with Gasteiger partial charge < -0.3 is 5.73 Å². The second kappa shape index (κ2) is 4.49. The van der Waals surface area contributed by atoms with Crippen LogP contribution in [-0.4, -0.2) is 16.8 Å². The fraction of sp³-hybridized carbons (Fsp3) is 0.200. The Kier molecular flexibility index (Phi) is 3.32. The first-order chi connectivity index (χ1) is 6.65. The molecule has 0 aliphatic rings. The number of Topliss-reactive ketones (excluding diaryl/α,β-unsaturated/α-hetero) is 1. The predicted molar refractivity (Wildman–Crippen MR) is 50.0 cm³/mol. The van der Waals surface area contributed by atoms with Crippen molar-refractivity contribution in [3.8, 4) is 12.3 Å². The molecule has 14 heavy (non-hydrogen) atoms. The zero-order valence-corrected chi connectivity index (χ0v) is 7.40.